The van der Waals surface area contributed by atoms with Crippen LogP contribution >= 0.6 is 0 Å². The Morgan fingerprint density at radius 2 is 2.26 bits per heavy atom. The summed E-state index contributed by atoms with van der Waals surface area (Å²) in [6, 6.07) is 0. The van der Waals surface area contributed by atoms with Crippen LogP contribution in [-0.4, -0.2) is 33.7 Å². The highest BCUT2D eigenvalue weighted by molar-refractivity contribution is 5.87. The van der Waals surface area contributed by atoms with Gasteiger partial charge >= 0.3 is 11.9 Å². The molecule has 0 radical (unpaired) electrons. The van der Waals surface area contributed by atoms with E-state index in [1.54, 1.807) is 0 Å². The number of fused-ring (bicyclic) bond motifs is 1. The number of aryl methyl sites for hydroxylation is 1. The minimum absolute atomic E-state index is 0.0806. The third-order valence-electron chi connectivity index (χ3n) is 3.50. The Kier molecular flexibility index (Phi) is 3.87. The molecule has 6 nitrogen and oxygen atoms in total. The number of imidazole rings is 1. The molecule has 0 bridgehead atoms. The normalized spacial score (nSPS) is 17.9. The zero-order valence-electron chi connectivity index (χ0n) is 11.2. The molecular formula is C13H18N2O4. The van der Waals surface area contributed by atoms with Crippen LogP contribution in [0.2, 0.25) is 0 Å². The van der Waals surface area contributed by atoms with E-state index in [9.17, 15) is 14.7 Å². The Morgan fingerprint density at radius 1 is 1.53 bits per heavy atom. The molecule has 0 aliphatic carbocycles. The molecule has 0 saturated heterocycles. The van der Waals surface area contributed by atoms with E-state index in [-0.39, 0.29) is 17.6 Å². The molecule has 6 heteroatoms. The van der Waals surface area contributed by atoms with Crippen LogP contribution in [0.25, 0.3) is 0 Å². The Bertz CT molecular complexity index is 507. The van der Waals surface area contributed by atoms with Gasteiger partial charge in [0.2, 0.25) is 0 Å². The van der Waals surface area contributed by atoms with Gasteiger partial charge in [-0.2, -0.15) is 0 Å². The van der Waals surface area contributed by atoms with Crippen LogP contribution in [0.4, 0.5) is 0 Å². The molecule has 1 aromatic rings. The smallest absolute Gasteiger partial charge is 0.356 e. The van der Waals surface area contributed by atoms with Crippen LogP contribution in [0, 0.1) is 5.92 Å². The second-order valence-electron chi connectivity index (χ2n) is 4.74. The number of carbonyl (C=O) groups excluding carboxylic acids is 1. The average molecular weight is 266 g/mol. The van der Waals surface area contributed by atoms with Crippen LogP contribution in [0.5, 0.6) is 0 Å². The maximum Gasteiger partial charge on any atom is 0.356 e. The Hall–Kier alpha value is -1.85. The number of nitrogens with zero attached hydrogens (tertiary/aromatic N) is 2. The topological polar surface area (TPSA) is 81.4 Å². The molecule has 0 fully saturated rings. The minimum Gasteiger partial charge on any atom is -0.476 e. The summed E-state index contributed by atoms with van der Waals surface area (Å²) in [5, 5.41) is 9.21. The molecule has 19 heavy (non-hydrogen) atoms. The summed E-state index contributed by atoms with van der Waals surface area (Å²) in [6.45, 7) is 2.66. The predicted octanol–water partition coefficient (Wildman–Crippen LogP) is 1.27. The number of hydrogen-bond acceptors (Lipinski definition) is 4. The van der Waals surface area contributed by atoms with E-state index >= 15 is 0 Å². The van der Waals surface area contributed by atoms with Crippen molar-refractivity contribution in [2.45, 2.75) is 39.2 Å². The van der Waals surface area contributed by atoms with Gasteiger partial charge in [-0.1, -0.05) is 6.92 Å². The van der Waals surface area contributed by atoms with Crippen molar-refractivity contribution < 1.29 is 19.4 Å². The fraction of sp³-hybridized carbons (Fsp3) is 0.615. The number of rotatable bonds is 4. The maximum absolute atomic E-state index is 11.6. The highest BCUT2D eigenvalue weighted by Crippen LogP contribution is 2.26. The van der Waals surface area contributed by atoms with Gasteiger partial charge in [0.1, 0.15) is 5.82 Å². The van der Waals surface area contributed by atoms with Crippen molar-refractivity contribution >= 4 is 11.9 Å². The summed E-state index contributed by atoms with van der Waals surface area (Å²) in [5.74, 6) is -0.766. The fourth-order valence-electron chi connectivity index (χ4n) is 2.58. The van der Waals surface area contributed by atoms with Crippen molar-refractivity contribution in [1.82, 2.24) is 9.55 Å². The first-order valence-corrected chi connectivity index (χ1v) is 6.47. The summed E-state index contributed by atoms with van der Waals surface area (Å²) >= 11 is 0. The third kappa shape index (κ3) is 2.47. The first-order valence-electron chi connectivity index (χ1n) is 6.47. The minimum atomic E-state index is -1.03. The molecule has 0 amide bonds. The van der Waals surface area contributed by atoms with Crippen LogP contribution in [0.3, 0.4) is 0 Å². The van der Waals surface area contributed by atoms with Crippen LogP contribution in [0.15, 0.2) is 0 Å². The van der Waals surface area contributed by atoms with E-state index in [1.165, 1.54) is 7.11 Å². The zero-order valence-corrected chi connectivity index (χ0v) is 11.2. The van der Waals surface area contributed by atoms with Crippen LogP contribution in [0.1, 0.15) is 41.8 Å². The van der Waals surface area contributed by atoms with Gasteiger partial charge in [0, 0.05) is 19.4 Å². The van der Waals surface area contributed by atoms with Crippen molar-refractivity contribution in [2.75, 3.05) is 7.11 Å². The summed E-state index contributed by atoms with van der Waals surface area (Å²) < 4.78 is 6.69. The average Bonchev–Trinajstić information content (AvgIpc) is 2.76. The number of aromatic carboxylic acids is 1. The number of ether oxygens (including phenoxy) is 1. The maximum atomic E-state index is 11.6. The van der Waals surface area contributed by atoms with E-state index < -0.39 is 5.97 Å². The van der Waals surface area contributed by atoms with Crippen molar-refractivity contribution in [3.63, 3.8) is 0 Å². The molecule has 0 aromatic carbocycles. The number of aromatic nitrogens is 2. The monoisotopic (exact) mass is 266 g/mol. The molecule has 1 N–H and O–H groups in total. The summed E-state index contributed by atoms with van der Waals surface area (Å²) in [4.78, 5) is 27.0. The van der Waals surface area contributed by atoms with Gasteiger partial charge in [0.05, 0.1) is 18.7 Å². The lowest BCUT2D eigenvalue weighted by Gasteiger charge is -2.23. The van der Waals surface area contributed by atoms with Gasteiger partial charge < -0.3 is 14.4 Å². The first-order chi connectivity index (χ1) is 9.08. The second kappa shape index (κ2) is 5.42. The first kappa shape index (κ1) is 13.6. The van der Waals surface area contributed by atoms with Crippen LogP contribution < -0.4 is 0 Å². The predicted molar refractivity (Wildman–Crippen MR) is 67.0 cm³/mol. The Morgan fingerprint density at radius 3 is 2.84 bits per heavy atom. The Labute approximate surface area is 111 Å². The van der Waals surface area contributed by atoms with E-state index in [2.05, 4.69) is 4.98 Å². The van der Waals surface area contributed by atoms with Crippen molar-refractivity contribution in [1.29, 1.82) is 0 Å². The number of carboxylic acid groups (broad SMARTS) is 1. The van der Waals surface area contributed by atoms with E-state index in [0.717, 1.165) is 18.7 Å². The number of carbonyl (C=O) groups is 2. The molecule has 2 heterocycles. The van der Waals surface area contributed by atoms with E-state index in [1.807, 2.05) is 11.5 Å². The molecule has 1 aliphatic rings. The van der Waals surface area contributed by atoms with Gasteiger partial charge in [-0.15, -0.1) is 0 Å². The molecule has 1 unspecified atom stereocenters. The molecule has 1 aliphatic heterocycles. The summed E-state index contributed by atoms with van der Waals surface area (Å²) in [6.07, 6.45) is 2.73. The van der Waals surface area contributed by atoms with Gasteiger partial charge in [-0.25, -0.2) is 9.78 Å². The molecule has 0 saturated carbocycles. The largest absolute Gasteiger partial charge is 0.476 e. The quantitative estimate of drug-likeness (QED) is 0.830. The second-order valence-corrected chi connectivity index (χ2v) is 4.74. The molecule has 104 valence electrons. The standard InChI is InChI=1S/C13H18N2O4/c1-3-4-10-14-11(12(16)17)9-7-8(13(18)19-2)5-6-15(9)10/h8H,3-7H2,1-2H3,(H,16,17). The zero-order chi connectivity index (χ0) is 14.0. The van der Waals surface area contributed by atoms with E-state index in [0.29, 0.717) is 25.1 Å². The molecule has 2 rings (SSSR count). The third-order valence-corrected chi connectivity index (χ3v) is 3.50. The molecular weight excluding hydrogens is 248 g/mol. The van der Waals surface area contributed by atoms with Crippen molar-refractivity contribution in [2.24, 2.45) is 5.92 Å². The van der Waals surface area contributed by atoms with Crippen molar-refractivity contribution in [3.05, 3.63) is 17.2 Å². The van der Waals surface area contributed by atoms with Gasteiger partial charge in [0.25, 0.3) is 0 Å². The Balaban J connectivity index is 2.36. The van der Waals surface area contributed by atoms with Crippen LogP contribution in [-0.2, 0) is 28.9 Å². The summed E-state index contributed by atoms with van der Waals surface area (Å²) in [5.41, 5.74) is 0.731. The number of esters is 1. The molecule has 1 aromatic heterocycles. The van der Waals surface area contributed by atoms with Gasteiger partial charge in [0.15, 0.2) is 5.69 Å². The van der Waals surface area contributed by atoms with Crippen molar-refractivity contribution in [3.8, 4) is 0 Å². The number of hydrogen-bond donors (Lipinski definition) is 1. The highest BCUT2D eigenvalue weighted by atomic mass is 16.5. The molecule has 0 spiro atoms. The lowest BCUT2D eigenvalue weighted by Crippen LogP contribution is -2.28. The highest BCUT2D eigenvalue weighted by Gasteiger charge is 2.31. The summed E-state index contributed by atoms with van der Waals surface area (Å²) in [7, 11) is 1.36. The van der Waals surface area contributed by atoms with Gasteiger partial charge in [-0.3, -0.25) is 4.79 Å². The molecule has 1 atom stereocenters. The number of methoxy groups -OCH3 is 1. The number of carboxylic acids is 1. The SMILES string of the molecule is CCCc1nc(C(=O)O)c2n1CCC(C(=O)OC)C2. The van der Waals surface area contributed by atoms with Gasteiger partial charge in [-0.05, 0) is 12.8 Å². The fourth-order valence-corrected chi connectivity index (χ4v) is 2.58. The van der Waals surface area contributed by atoms with E-state index in [4.69, 9.17) is 4.74 Å². The lowest BCUT2D eigenvalue weighted by molar-refractivity contribution is -0.146. The lowest BCUT2D eigenvalue weighted by atomic mass is 9.95.